The third-order valence-corrected chi connectivity index (χ3v) is 2.88. The molecule has 1 heterocycles. The first-order chi connectivity index (χ1) is 8.56. The molecular weight excluding hydrogens is 252 g/mol. The van der Waals surface area contributed by atoms with Gasteiger partial charge in [-0.2, -0.15) is 0 Å². The van der Waals surface area contributed by atoms with E-state index in [9.17, 15) is 9.59 Å². The van der Waals surface area contributed by atoms with Gasteiger partial charge in [-0.3, -0.25) is 9.59 Å². The number of amides is 1. The predicted molar refractivity (Wildman–Crippen MR) is 69.5 cm³/mol. The molecule has 1 saturated heterocycles. The Morgan fingerprint density at radius 3 is 2.67 bits per heavy atom. The number of benzene rings is 1. The number of piperazine rings is 1. The smallest absolute Gasteiger partial charge is 0.267 e. The monoisotopic (exact) mass is 264 g/mol. The fourth-order valence-corrected chi connectivity index (χ4v) is 1.77. The van der Waals surface area contributed by atoms with E-state index in [1.807, 2.05) is 6.92 Å². The van der Waals surface area contributed by atoms with Crippen LogP contribution in [0.5, 0.6) is 0 Å². The van der Waals surface area contributed by atoms with Crippen molar-refractivity contribution < 1.29 is 9.59 Å². The number of allylic oxidation sites excluding steroid dienone is 1. The summed E-state index contributed by atoms with van der Waals surface area (Å²) in [7, 11) is 0. The van der Waals surface area contributed by atoms with E-state index in [-0.39, 0.29) is 17.7 Å². The van der Waals surface area contributed by atoms with Gasteiger partial charge in [-0.15, -0.1) is 0 Å². The van der Waals surface area contributed by atoms with Crippen LogP contribution in [0.15, 0.2) is 36.0 Å². The van der Waals surface area contributed by atoms with Crippen LogP contribution in [0.1, 0.15) is 17.3 Å². The lowest BCUT2D eigenvalue weighted by Gasteiger charge is -2.23. The van der Waals surface area contributed by atoms with Gasteiger partial charge in [0.1, 0.15) is 5.70 Å². The summed E-state index contributed by atoms with van der Waals surface area (Å²) in [6, 6.07) is 6.61. The maximum absolute atomic E-state index is 11.9. The van der Waals surface area contributed by atoms with Gasteiger partial charge in [0.2, 0.25) is 0 Å². The third kappa shape index (κ3) is 2.90. The second-order valence-corrected chi connectivity index (χ2v) is 4.62. The second-order valence-electron chi connectivity index (χ2n) is 4.18. The lowest BCUT2D eigenvalue weighted by atomic mass is 10.1. The highest BCUT2D eigenvalue weighted by molar-refractivity contribution is 6.30. The second kappa shape index (κ2) is 5.23. The van der Waals surface area contributed by atoms with Crippen molar-refractivity contribution in [2.75, 3.05) is 6.54 Å². The molecule has 1 amide bonds. The van der Waals surface area contributed by atoms with Crippen LogP contribution in [0.3, 0.4) is 0 Å². The topological polar surface area (TPSA) is 58.2 Å². The molecule has 1 atom stereocenters. The molecule has 0 radical (unpaired) electrons. The maximum atomic E-state index is 11.9. The fraction of sp³-hybridized carbons (Fsp3) is 0.231. The summed E-state index contributed by atoms with van der Waals surface area (Å²) < 4.78 is 0. The molecule has 2 N–H and O–H groups in total. The van der Waals surface area contributed by atoms with Crippen LogP contribution >= 0.6 is 11.6 Å². The van der Waals surface area contributed by atoms with Gasteiger partial charge >= 0.3 is 0 Å². The lowest BCUT2D eigenvalue weighted by molar-refractivity contribution is -0.119. The molecule has 1 aromatic carbocycles. The molecule has 1 aliphatic rings. The van der Waals surface area contributed by atoms with Crippen LogP contribution in [0.25, 0.3) is 0 Å². The van der Waals surface area contributed by atoms with E-state index >= 15 is 0 Å². The Labute approximate surface area is 110 Å². The van der Waals surface area contributed by atoms with Crippen LogP contribution in [-0.4, -0.2) is 24.3 Å². The van der Waals surface area contributed by atoms with E-state index in [2.05, 4.69) is 10.6 Å². The molecule has 5 heteroatoms. The Bertz CT molecular complexity index is 508. The minimum absolute atomic E-state index is 0.0697. The quantitative estimate of drug-likeness (QED) is 0.629. The van der Waals surface area contributed by atoms with Gasteiger partial charge in [-0.05, 0) is 31.2 Å². The third-order valence-electron chi connectivity index (χ3n) is 2.62. The van der Waals surface area contributed by atoms with E-state index in [1.165, 1.54) is 6.08 Å². The van der Waals surface area contributed by atoms with Gasteiger partial charge in [-0.25, -0.2) is 0 Å². The van der Waals surface area contributed by atoms with Crippen LogP contribution in [0.4, 0.5) is 0 Å². The van der Waals surface area contributed by atoms with Crippen LogP contribution < -0.4 is 10.6 Å². The van der Waals surface area contributed by atoms with E-state index < -0.39 is 0 Å². The van der Waals surface area contributed by atoms with Gasteiger partial charge in [0.15, 0.2) is 5.78 Å². The molecule has 4 nitrogen and oxygen atoms in total. The molecule has 0 bridgehead atoms. The molecule has 0 aliphatic carbocycles. The SMILES string of the molecule is C[C@H]1CN/C(=C/C(=O)c2ccc(Cl)cc2)C(=O)N1. The predicted octanol–water partition coefficient (Wildman–Crippen LogP) is 1.51. The van der Waals surface area contributed by atoms with Crippen molar-refractivity contribution in [2.24, 2.45) is 0 Å². The highest BCUT2D eigenvalue weighted by atomic mass is 35.5. The van der Waals surface area contributed by atoms with Gasteiger partial charge in [0, 0.05) is 29.2 Å². The number of carbonyl (C=O) groups excluding carboxylic acids is 2. The highest BCUT2D eigenvalue weighted by Gasteiger charge is 2.19. The molecule has 0 saturated carbocycles. The van der Waals surface area contributed by atoms with Crippen molar-refractivity contribution in [1.29, 1.82) is 0 Å². The molecular formula is C13H13ClN2O2. The summed E-state index contributed by atoms with van der Waals surface area (Å²) in [6.45, 7) is 2.51. The van der Waals surface area contributed by atoms with Crippen molar-refractivity contribution >= 4 is 23.3 Å². The van der Waals surface area contributed by atoms with Crippen molar-refractivity contribution in [3.8, 4) is 0 Å². The molecule has 1 aromatic rings. The Morgan fingerprint density at radius 2 is 2.06 bits per heavy atom. The van der Waals surface area contributed by atoms with E-state index in [4.69, 9.17) is 11.6 Å². The number of rotatable bonds is 2. The fourth-order valence-electron chi connectivity index (χ4n) is 1.64. The summed E-state index contributed by atoms with van der Waals surface area (Å²) in [4.78, 5) is 23.5. The van der Waals surface area contributed by atoms with E-state index in [0.717, 1.165) is 0 Å². The first kappa shape index (κ1) is 12.6. The van der Waals surface area contributed by atoms with E-state index in [1.54, 1.807) is 24.3 Å². The molecule has 0 spiro atoms. The number of ketones is 1. The van der Waals surface area contributed by atoms with Crippen LogP contribution in [0, 0.1) is 0 Å². The summed E-state index contributed by atoms with van der Waals surface area (Å²) >= 11 is 5.74. The first-order valence-corrected chi connectivity index (χ1v) is 6.00. The Hall–Kier alpha value is -1.81. The maximum Gasteiger partial charge on any atom is 0.267 e. The van der Waals surface area contributed by atoms with Crippen molar-refractivity contribution in [3.63, 3.8) is 0 Å². The van der Waals surface area contributed by atoms with Crippen LogP contribution in [0.2, 0.25) is 5.02 Å². The van der Waals surface area contributed by atoms with Crippen molar-refractivity contribution in [2.45, 2.75) is 13.0 Å². The normalized spacial score (nSPS) is 21.3. The molecule has 2 rings (SSSR count). The zero-order chi connectivity index (χ0) is 13.1. The molecule has 1 aliphatic heterocycles. The molecule has 0 aromatic heterocycles. The standard InChI is InChI=1S/C13H13ClN2O2/c1-8-7-15-11(13(18)16-8)6-12(17)9-2-4-10(14)5-3-9/h2-6,8,15H,7H2,1H3,(H,16,18)/b11-6+/t8-/m0/s1. The minimum atomic E-state index is -0.254. The molecule has 1 fully saturated rings. The average molecular weight is 265 g/mol. The first-order valence-electron chi connectivity index (χ1n) is 5.62. The molecule has 0 unspecified atom stereocenters. The van der Waals surface area contributed by atoms with Gasteiger partial charge < -0.3 is 10.6 Å². The van der Waals surface area contributed by atoms with Crippen LogP contribution in [-0.2, 0) is 4.79 Å². The van der Waals surface area contributed by atoms with Crippen molar-refractivity contribution in [3.05, 3.63) is 46.6 Å². The average Bonchev–Trinajstić information content (AvgIpc) is 2.33. The number of carbonyl (C=O) groups is 2. The largest absolute Gasteiger partial charge is 0.378 e. The Kier molecular flexibility index (Phi) is 3.67. The van der Waals surface area contributed by atoms with Gasteiger partial charge in [0.05, 0.1) is 0 Å². The number of nitrogens with one attached hydrogen (secondary N) is 2. The highest BCUT2D eigenvalue weighted by Crippen LogP contribution is 2.11. The molecule has 94 valence electrons. The minimum Gasteiger partial charge on any atom is -0.378 e. The van der Waals surface area contributed by atoms with Crippen molar-refractivity contribution in [1.82, 2.24) is 10.6 Å². The summed E-state index contributed by atoms with van der Waals surface area (Å²) in [6.07, 6.45) is 1.31. The number of hydrogen-bond donors (Lipinski definition) is 2. The van der Waals surface area contributed by atoms with Gasteiger partial charge in [0.25, 0.3) is 5.91 Å². The lowest BCUT2D eigenvalue weighted by Crippen LogP contribution is -2.49. The summed E-state index contributed by atoms with van der Waals surface area (Å²) in [5, 5.41) is 6.26. The Morgan fingerprint density at radius 1 is 1.39 bits per heavy atom. The number of halogens is 1. The zero-order valence-electron chi connectivity index (χ0n) is 9.87. The van der Waals surface area contributed by atoms with E-state index in [0.29, 0.717) is 22.8 Å². The zero-order valence-corrected chi connectivity index (χ0v) is 10.6. The Balaban J connectivity index is 2.15. The summed E-state index contributed by atoms with van der Waals surface area (Å²) in [5.41, 5.74) is 0.799. The van der Waals surface area contributed by atoms with Gasteiger partial charge in [-0.1, -0.05) is 11.6 Å². The summed E-state index contributed by atoms with van der Waals surface area (Å²) in [5.74, 6) is -0.477. The molecule has 18 heavy (non-hydrogen) atoms. The number of hydrogen-bond acceptors (Lipinski definition) is 3.